The van der Waals surface area contributed by atoms with E-state index in [0.29, 0.717) is 25.1 Å². The molecule has 0 radical (unpaired) electrons. The summed E-state index contributed by atoms with van der Waals surface area (Å²) in [5.41, 5.74) is 5.76. The predicted molar refractivity (Wildman–Crippen MR) is 116 cm³/mol. The third-order valence-corrected chi connectivity index (χ3v) is 5.16. The molecule has 2 heterocycles. The Morgan fingerprint density at radius 2 is 2.09 bits per heavy atom. The van der Waals surface area contributed by atoms with Crippen LogP contribution >= 0.6 is 0 Å². The molecule has 34 heavy (non-hydrogen) atoms. The smallest absolute Gasteiger partial charge is 0.326 e. The number of carbonyl (C=O) groups excluding carboxylic acids is 3. The first-order valence-electron chi connectivity index (χ1n) is 10.4. The van der Waals surface area contributed by atoms with E-state index < -0.39 is 35.4 Å². The van der Waals surface area contributed by atoms with Crippen LogP contribution in [0.2, 0.25) is 0 Å². The molecule has 0 saturated heterocycles. The lowest BCUT2D eigenvalue weighted by Crippen LogP contribution is -2.44. The quantitative estimate of drug-likeness (QED) is 0.118. The molecule has 0 aromatic carbocycles. The molecule has 14 nitrogen and oxygen atoms in total. The van der Waals surface area contributed by atoms with Crippen LogP contribution < -0.4 is 21.9 Å². The van der Waals surface area contributed by atoms with Crippen molar-refractivity contribution in [1.82, 2.24) is 30.6 Å². The van der Waals surface area contributed by atoms with Crippen LogP contribution in [0.5, 0.6) is 0 Å². The zero-order valence-electron chi connectivity index (χ0n) is 17.9. The van der Waals surface area contributed by atoms with Gasteiger partial charge in [0, 0.05) is 19.0 Å². The summed E-state index contributed by atoms with van der Waals surface area (Å²) < 4.78 is 4.11. The molecule has 14 heteroatoms. The number of aromatic nitrogens is 4. The van der Waals surface area contributed by atoms with E-state index in [1.807, 2.05) is 0 Å². The molecule has 0 saturated carbocycles. The van der Waals surface area contributed by atoms with Gasteiger partial charge in [0.1, 0.15) is 6.04 Å². The molecule has 3 atom stereocenters. The fourth-order valence-corrected chi connectivity index (χ4v) is 3.41. The van der Waals surface area contributed by atoms with Gasteiger partial charge in [-0.15, -0.1) is 0 Å². The number of carboxylic acids is 1. The highest BCUT2D eigenvalue weighted by Gasteiger charge is 2.27. The second-order valence-electron chi connectivity index (χ2n) is 7.57. The average molecular weight is 473 g/mol. The van der Waals surface area contributed by atoms with Crippen molar-refractivity contribution in [1.29, 1.82) is 0 Å². The number of nitrogen functional groups attached to an aromatic ring is 1. The van der Waals surface area contributed by atoms with Gasteiger partial charge in [0.25, 0.3) is 5.56 Å². The Balaban J connectivity index is 1.52. The van der Waals surface area contributed by atoms with Gasteiger partial charge in [0.05, 0.1) is 17.8 Å². The van der Waals surface area contributed by atoms with Crippen LogP contribution in [0.1, 0.15) is 31.4 Å². The topological polar surface area (TPSA) is 219 Å². The van der Waals surface area contributed by atoms with Crippen molar-refractivity contribution < 1.29 is 29.0 Å². The first-order valence-corrected chi connectivity index (χ1v) is 10.4. The summed E-state index contributed by atoms with van der Waals surface area (Å²) in [5.74, 6) is -3.21. The second kappa shape index (κ2) is 11.1. The van der Waals surface area contributed by atoms with E-state index in [0.717, 1.165) is 0 Å². The second-order valence-corrected chi connectivity index (χ2v) is 7.57. The van der Waals surface area contributed by atoms with Gasteiger partial charge in [-0.1, -0.05) is 12.2 Å². The monoisotopic (exact) mass is 473 g/mol. The van der Waals surface area contributed by atoms with E-state index in [9.17, 15) is 29.1 Å². The molecule has 0 bridgehead atoms. The van der Waals surface area contributed by atoms with Gasteiger partial charge in [-0.25, -0.2) is 14.8 Å². The minimum Gasteiger partial charge on any atom is -0.480 e. The summed E-state index contributed by atoms with van der Waals surface area (Å²) in [7, 11) is 0. The number of anilines is 1. The van der Waals surface area contributed by atoms with Crippen LogP contribution in [0.25, 0.3) is 11.2 Å². The summed E-state index contributed by atoms with van der Waals surface area (Å²) in [6, 6.07) is -1.35. The fraction of sp³-hybridized carbons (Fsp3) is 0.400. The summed E-state index contributed by atoms with van der Waals surface area (Å²) in [6.45, 7) is 0.282. The molecule has 3 unspecified atom stereocenters. The number of aromatic amines is 1. The Labute approximate surface area is 192 Å². The number of esters is 1. The lowest BCUT2D eigenvalue weighted by atomic mass is 9.91. The largest absolute Gasteiger partial charge is 0.480 e. The maximum atomic E-state index is 12.5. The van der Waals surface area contributed by atoms with Crippen LogP contribution in [-0.2, 0) is 30.5 Å². The van der Waals surface area contributed by atoms with Crippen LogP contribution in [0.3, 0.4) is 0 Å². The lowest BCUT2D eigenvalue weighted by Gasteiger charge is -2.24. The van der Waals surface area contributed by atoms with Crippen LogP contribution in [0.4, 0.5) is 5.95 Å². The highest BCUT2D eigenvalue weighted by atomic mass is 16.6. The van der Waals surface area contributed by atoms with Crippen molar-refractivity contribution >= 4 is 41.4 Å². The Hall–Kier alpha value is -4.20. The predicted octanol–water partition coefficient (Wildman–Crippen LogP) is -1.23. The zero-order chi connectivity index (χ0) is 24.7. The van der Waals surface area contributed by atoms with E-state index in [1.54, 1.807) is 12.2 Å². The highest BCUT2D eigenvalue weighted by molar-refractivity contribution is 5.86. The molecule has 1 aliphatic rings. The van der Waals surface area contributed by atoms with Crippen molar-refractivity contribution in [3.63, 3.8) is 0 Å². The number of ether oxygens (including phenoxy) is 1. The molecule has 1 aliphatic carbocycles. The first-order chi connectivity index (χ1) is 16.3. The van der Waals surface area contributed by atoms with Gasteiger partial charge < -0.3 is 26.2 Å². The number of H-pyrrole nitrogens is 1. The zero-order valence-corrected chi connectivity index (χ0v) is 17.9. The van der Waals surface area contributed by atoms with Crippen LogP contribution in [0, 0.1) is 5.92 Å². The number of aliphatic carboxylic acids is 1. The molecule has 0 spiro atoms. The number of nitrogens with one attached hydrogen (secondary N) is 3. The van der Waals surface area contributed by atoms with Gasteiger partial charge in [-0.2, -0.15) is 4.98 Å². The molecule has 0 fully saturated rings. The Morgan fingerprint density at radius 1 is 1.29 bits per heavy atom. The standard InChI is InChI=1S/C20H23N7O7/c21-20-26-16-15(18(31)27-20)24-12(8-23-16)7-22-11-3-1-10(2-4-11)17(30)25-13(19(32)33)5-6-14(29)34-9-28/h1,3,8-11,13,22H,2,4-7H2,(H,25,30)(H,32,33)(H3,21,23,26,27,31). The number of nitrogens with zero attached hydrogens (tertiary/aromatic N) is 3. The van der Waals surface area contributed by atoms with E-state index in [4.69, 9.17) is 5.73 Å². The average Bonchev–Trinajstić information content (AvgIpc) is 2.80. The number of carbonyl (C=O) groups is 4. The summed E-state index contributed by atoms with van der Waals surface area (Å²) in [5, 5.41) is 14.9. The normalized spacial score (nSPS) is 18.2. The Kier molecular flexibility index (Phi) is 7.97. The molecular formula is C20H23N7O7. The molecule has 180 valence electrons. The van der Waals surface area contributed by atoms with Crippen LogP contribution in [-0.4, -0.2) is 61.4 Å². The molecule has 1 amide bonds. The van der Waals surface area contributed by atoms with Crippen molar-refractivity contribution in [2.75, 3.05) is 5.73 Å². The summed E-state index contributed by atoms with van der Waals surface area (Å²) >= 11 is 0. The third kappa shape index (κ3) is 6.41. The maximum absolute atomic E-state index is 12.5. The Morgan fingerprint density at radius 3 is 2.76 bits per heavy atom. The minimum absolute atomic E-state index is 0.0340. The molecule has 3 rings (SSSR count). The maximum Gasteiger partial charge on any atom is 0.326 e. The van der Waals surface area contributed by atoms with Crippen molar-refractivity contribution in [3.05, 3.63) is 34.4 Å². The number of hydrogen-bond donors (Lipinski definition) is 5. The summed E-state index contributed by atoms with van der Waals surface area (Å²) in [6.07, 6.45) is 5.50. The number of amides is 1. The number of fused-ring (bicyclic) bond motifs is 1. The van der Waals surface area contributed by atoms with Gasteiger partial charge >= 0.3 is 18.4 Å². The summed E-state index contributed by atoms with van der Waals surface area (Å²) in [4.78, 5) is 71.8. The first kappa shape index (κ1) is 24.4. The lowest BCUT2D eigenvalue weighted by molar-refractivity contribution is -0.151. The molecule has 2 aromatic heterocycles. The number of rotatable bonds is 10. The molecule has 0 aliphatic heterocycles. The molecule has 6 N–H and O–H groups in total. The van der Waals surface area contributed by atoms with Gasteiger partial charge in [0.2, 0.25) is 11.9 Å². The number of hydrogen-bond acceptors (Lipinski definition) is 11. The van der Waals surface area contributed by atoms with E-state index in [1.165, 1.54) is 6.20 Å². The van der Waals surface area contributed by atoms with E-state index in [2.05, 4.69) is 35.3 Å². The number of nitrogens with two attached hydrogens (primary N) is 1. The highest BCUT2D eigenvalue weighted by Crippen LogP contribution is 2.19. The minimum atomic E-state index is -1.29. The number of carboxylic acid groups (broad SMARTS) is 1. The van der Waals surface area contributed by atoms with Gasteiger partial charge in [-0.3, -0.25) is 24.2 Å². The van der Waals surface area contributed by atoms with Crippen molar-refractivity contribution in [3.8, 4) is 0 Å². The molecule has 2 aromatic rings. The van der Waals surface area contributed by atoms with Crippen molar-refractivity contribution in [2.24, 2.45) is 5.92 Å². The third-order valence-electron chi connectivity index (χ3n) is 5.16. The van der Waals surface area contributed by atoms with Crippen LogP contribution in [0.15, 0.2) is 23.1 Å². The Bertz CT molecular complexity index is 1180. The van der Waals surface area contributed by atoms with Gasteiger partial charge in [-0.05, 0) is 19.3 Å². The fourth-order valence-electron chi connectivity index (χ4n) is 3.41. The van der Waals surface area contributed by atoms with Gasteiger partial charge in [0.15, 0.2) is 11.2 Å². The van der Waals surface area contributed by atoms with Crippen molar-refractivity contribution in [2.45, 2.75) is 44.3 Å². The van der Waals surface area contributed by atoms with E-state index in [-0.39, 0.29) is 42.5 Å². The van der Waals surface area contributed by atoms with E-state index >= 15 is 0 Å². The molecular weight excluding hydrogens is 450 g/mol. The SMILES string of the molecule is Nc1nc2ncc(CNC3C=CC(C(=O)NC(CCC(=O)OC=O)C(=O)O)CC3)nc2c(=O)[nH]1.